The molecule has 1 aliphatic rings. The molecular weight excluding hydrogens is 609 g/mol. The standard InChI is InChI=1S/C29H29F3N10O4/c1-3-18-19(28(45)37-13-23(44)40-10-7-34-17(2)14-40)4-5-21(24(18)46-16-43)38-26-27-36-12-22(42(27)11-8-35-26)20-15-41(9-6-33)39-25(20)29(30,31)32/h4-5,8,11-12,15-17,34H,3,7,9-10,13-14H2,1-2H3,(H,35,38)(H,37,45). The number of nitriles is 1. The average molecular weight is 639 g/mol. The van der Waals surface area contributed by atoms with Crippen molar-refractivity contribution in [2.45, 2.75) is 39.0 Å². The van der Waals surface area contributed by atoms with Crippen LogP contribution in [0.15, 0.2) is 36.9 Å². The smallest absolute Gasteiger partial charge is 0.426 e. The number of benzene rings is 1. The van der Waals surface area contributed by atoms with Crippen molar-refractivity contribution in [3.63, 3.8) is 0 Å². The number of imidazole rings is 1. The Labute approximate surface area is 260 Å². The van der Waals surface area contributed by atoms with E-state index in [0.717, 1.165) is 10.9 Å². The second-order valence-corrected chi connectivity index (χ2v) is 10.4. The number of anilines is 2. The molecule has 4 heterocycles. The van der Waals surface area contributed by atoms with Crippen LogP contribution in [0.2, 0.25) is 0 Å². The van der Waals surface area contributed by atoms with Crippen molar-refractivity contribution in [1.82, 2.24) is 39.7 Å². The van der Waals surface area contributed by atoms with Gasteiger partial charge in [0.2, 0.25) is 5.91 Å². The average Bonchev–Trinajstić information content (AvgIpc) is 3.65. The quantitative estimate of drug-likeness (QED) is 0.219. The van der Waals surface area contributed by atoms with E-state index < -0.39 is 17.8 Å². The number of nitrogens with zero attached hydrogens (tertiary/aromatic N) is 7. The minimum Gasteiger partial charge on any atom is -0.426 e. The van der Waals surface area contributed by atoms with Gasteiger partial charge in [-0.25, -0.2) is 9.97 Å². The molecule has 46 heavy (non-hydrogen) atoms. The van der Waals surface area contributed by atoms with Gasteiger partial charge in [-0.15, -0.1) is 0 Å². The van der Waals surface area contributed by atoms with Gasteiger partial charge in [0.05, 0.1) is 35.8 Å². The van der Waals surface area contributed by atoms with Crippen LogP contribution < -0.4 is 20.7 Å². The number of halogens is 3. The Balaban J connectivity index is 1.44. The highest BCUT2D eigenvalue weighted by Crippen LogP contribution is 2.38. The number of carbonyl (C=O) groups excluding carboxylic acids is 3. The number of fused-ring (bicyclic) bond motifs is 1. The summed E-state index contributed by atoms with van der Waals surface area (Å²) in [5.41, 5.74) is -0.490. The zero-order valence-corrected chi connectivity index (χ0v) is 24.8. The van der Waals surface area contributed by atoms with Crippen LogP contribution in [0.1, 0.15) is 35.5 Å². The summed E-state index contributed by atoms with van der Waals surface area (Å²) in [5, 5.41) is 21.4. The summed E-state index contributed by atoms with van der Waals surface area (Å²) in [6.07, 6.45) is 0.572. The van der Waals surface area contributed by atoms with Crippen LogP contribution in [0, 0.1) is 11.3 Å². The van der Waals surface area contributed by atoms with Gasteiger partial charge in [0.15, 0.2) is 22.9 Å². The van der Waals surface area contributed by atoms with Crippen molar-refractivity contribution < 1.29 is 32.3 Å². The number of ether oxygens (including phenoxy) is 1. The number of alkyl halides is 3. The van der Waals surface area contributed by atoms with E-state index in [-0.39, 0.29) is 77.7 Å². The molecule has 0 spiro atoms. The molecule has 240 valence electrons. The molecule has 0 bridgehead atoms. The predicted molar refractivity (Wildman–Crippen MR) is 157 cm³/mol. The minimum absolute atomic E-state index is 0.0279. The van der Waals surface area contributed by atoms with Crippen molar-refractivity contribution in [1.29, 1.82) is 5.26 Å². The molecule has 4 aromatic rings. The molecular formula is C29H29F3N10O4. The Bertz CT molecular complexity index is 1830. The summed E-state index contributed by atoms with van der Waals surface area (Å²) in [7, 11) is 0. The molecule has 17 heteroatoms. The van der Waals surface area contributed by atoms with Gasteiger partial charge >= 0.3 is 6.18 Å². The highest BCUT2D eigenvalue weighted by atomic mass is 19.4. The van der Waals surface area contributed by atoms with Gasteiger partial charge in [0, 0.05) is 55.4 Å². The SMILES string of the molecule is CCc1c(C(=O)NCC(=O)N2CCNC(C)C2)ccc(Nc2nccn3c(-c4cn(CC#N)nc4C(F)(F)F)cnc23)c1OC=O. The Morgan fingerprint density at radius 1 is 1.28 bits per heavy atom. The first-order chi connectivity index (χ1) is 22.0. The van der Waals surface area contributed by atoms with Crippen molar-refractivity contribution in [2.24, 2.45) is 0 Å². The van der Waals surface area contributed by atoms with Gasteiger partial charge in [-0.2, -0.15) is 23.5 Å². The van der Waals surface area contributed by atoms with Gasteiger partial charge < -0.3 is 25.6 Å². The summed E-state index contributed by atoms with van der Waals surface area (Å²) in [6, 6.07) is 4.89. The number of aromatic nitrogens is 5. The van der Waals surface area contributed by atoms with Crippen molar-refractivity contribution >= 4 is 35.4 Å². The number of rotatable bonds is 10. The first-order valence-corrected chi connectivity index (χ1v) is 14.2. The lowest BCUT2D eigenvalue weighted by Crippen LogP contribution is -2.53. The first kappa shape index (κ1) is 31.9. The monoisotopic (exact) mass is 638 g/mol. The zero-order chi connectivity index (χ0) is 33.0. The number of carbonyl (C=O) groups is 3. The van der Waals surface area contributed by atoms with Gasteiger partial charge in [0.25, 0.3) is 12.4 Å². The molecule has 2 amide bonds. The number of hydrogen-bond donors (Lipinski definition) is 3. The number of nitrogens with one attached hydrogen (secondary N) is 3. The van der Waals surface area contributed by atoms with Gasteiger partial charge in [-0.3, -0.25) is 23.5 Å². The van der Waals surface area contributed by atoms with Crippen molar-refractivity contribution in [3.05, 3.63) is 53.7 Å². The van der Waals surface area contributed by atoms with E-state index in [9.17, 15) is 27.6 Å². The fourth-order valence-electron chi connectivity index (χ4n) is 5.30. The van der Waals surface area contributed by atoms with Crippen molar-refractivity contribution in [3.8, 4) is 23.1 Å². The van der Waals surface area contributed by atoms with Crippen LogP contribution in [-0.4, -0.2) is 79.6 Å². The van der Waals surface area contributed by atoms with Crippen LogP contribution in [0.5, 0.6) is 5.75 Å². The lowest BCUT2D eigenvalue weighted by atomic mass is 10.0. The fraction of sp³-hybridized carbons (Fsp3) is 0.345. The molecule has 0 radical (unpaired) electrons. The third kappa shape index (κ3) is 6.47. The van der Waals surface area contributed by atoms with Crippen LogP contribution in [0.4, 0.5) is 24.7 Å². The van der Waals surface area contributed by atoms with E-state index in [1.54, 1.807) is 17.9 Å². The highest BCUT2D eigenvalue weighted by molar-refractivity contribution is 5.99. The van der Waals surface area contributed by atoms with Crippen LogP contribution in [0.25, 0.3) is 16.9 Å². The predicted octanol–water partition coefficient (Wildman–Crippen LogP) is 2.53. The van der Waals surface area contributed by atoms with Crippen LogP contribution in [-0.2, 0) is 28.7 Å². The summed E-state index contributed by atoms with van der Waals surface area (Å²) >= 11 is 0. The normalized spacial score (nSPS) is 15.0. The van der Waals surface area contributed by atoms with Gasteiger partial charge in [0.1, 0.15) is 6.54 Å². The fourth-order valence-corrected chi connectivity index (χ4v) is 5.30. The molecule has 0 saturated carbocycles. The second kappa shape index (κ2) is 13.2. The molecule has 1 unspecified atom stereocenters. The molecule has 3 aromatic heterocycles. The summed E-state index contributed by atoms with van der Waals surface area (Å²) < 4.78 is 49.0. The Kier molecular flexibility index (Phi) is 9.18. The van der Waals surface area contributed by atoms with Gasteiger partial charge in [-0.1, -0.05) is 6.92 Å². The molecule has 1 atom stereocenters. The highest BCUT2D eigenvalue weighted by Gasteiger charge is 2.38. The van der Waals surface area contributed by atoms with Crippen LogP contribution >= 0.6 is 0 Å². The maximum atomic E-state index is 13.8. The Morgan fingerprint density at radius 3 is 2.78 bits per heavy atom. The molecule has 14 nitrogen and oxygen atoms in total. The van der Waals surface area contributed by atoms with E-state index >= 15 is 0 Å². The molecule has 1 fully saturated rings. The number of piperazine rings is 1. The third-order valence-electron chi connectivity index (χ3n) is 7.37. The molecule has 1 saturated heterocycles. The van der Waals surface area contributed by atoms with E-state index in [2.05, 4.69) is 31.0 Å². The molecule has 5 rings (SSSR count). The molecule has 3 N–H and O–H groups in total. The number of amides is 2. The Hall–Kier alpha value is -5.50. The lowest BCUT2D eigenvalue weighted by Gasteiger charge is -2.32. The van der Waals surface area contributed by atoms with Crippen LogP contribution in [0.3, 0.4) is 0 Å². The van der Waals surface area contributed by atoms with Crippen molar-refractivity contribution in [2.75, 3.05) is 31.5 Å². The Morgan fingerprint density at radius 2 is 2.09 bits per heavy atom. The van der Waals surface area contributed by atoms with E-state index in [1.807, 2.05) is 6.92 Å². The summed E-state index contributed by atoms with van der Waals surface area (Å²) in [6.45, 7) is 5.05. The molecule has 1 aliphatic heterocycles. The van der Waals surface area contributed by atoms with Gasteiger partial charge in [-0.05, 0) is 25.5 Å². The summed E-state index contributed by atoms with van der Waals surface area (Å²) in [4.78, 5) is 47.6. The lowest BCUT2D eigenvalue weighted by molar-refractivity contribution is -0.141. The zero-order valence-electron chi connectivity index (χ0n) is 24.8. The largest absolute Gasteiger partial charge is 0.435 e. The molecule has 0 aliphatic carbocycles. The van der Waals surface area contributed by atoms with E-state index in [0.29, 0.717) is 25.2 Å². The van der Waals surface area contributed by atoms with E-state index in [4.69, 9.17) is 10.00 Å². The number of hydrogen-bond acceptors (Lipinski definition) is 10. The maximum Gasteiger partial charge on any atom is 0.435 e. The minimum atomic E-state index is -4.79. The first-order valence-electron chi connectivity index (χ1n) is 14.2. The maximum absolute atomic E-state index is 13.8. The third-order valence-corrected chi connectivity index (χ3v) is 7.37. The summed E-state index contributed by atoms with van der Waals surface area (Å²) in [5.74, 6) is -0.621. The van der Waals surface area contributed by atoms with E-state index in [1.165, 1.54) is 35.1 Å². The topological polar surface area (TPSA) is 172 Å². The molecule has 1 aromatic carbocycles. The second-order valence-electron chi connectivity index (χ2n) is 10.4.